The van der Waals surface area contributed by atoms with Crippen molar-refractivity contribution >= 4 is 22.7 Å². The molecule has 0 bridgehead atoms. The first-order valence-corrected chi connectivity index (χ1v) is 5.34. The average Bonchev–Trinajstić information content (AvgIpc) is 2.21. The first kappa shape index (κ1) is 15.9. The van der Waals surface area contributed by atoms with Gasteiger partial charge in [-0.05, 0) is 0 Å². The van der Waals surface area contributed by atoms with Gasteiger partial charge in [0, 0.05) is 0 Å². The predicted molar refractivity (Wildman–Crippen MR) is 48.1 cm³/mol. The van der Waals surface area contributed by atoms with Gasteiger partial charge in [0.15, 0.2) is 18.5 Å². The Morgan fingerprint density at radius 3 is 1.94 bits per heavy atom. The van der Waals surface area contributed by atoms with Crippen LogP contribution in [0.2, 0.25) is 0 Å². The predicted octanol–water partition coefficient (Wildman–Crippen LogP) is -3.46. The van der Waals surface area contributed by atoms with Crippen molar-refractivity contribution in [1.82, 2.24) is 0 Å². The molecule has 0 aliphatic rings. The summed E-state index contributed by atoms with van der Waals surface area (Å²) in [6, 6.07) is 0. The highest BCUT2D eigenvalue weighted by molar-refractivity contribution is 7.80. The Bertz CT molecular complexity index is 374. The van der Waals surface area contributed by atoms with Crippen molar-refractivity contribution in [1.29, 1.82) is 0 Å². The van der Waals surface area contributed by atoms with E-state index in [1.54, 1.807) is 0 Å². The lowest BCUT2D eigenvalue weighted by atomic mass is 10.0. The first-order valence-electron chi connectivity index (χ1n) is 3.98. The summed E-state index contributed by atoms with van der Waals surface area (Å²) in [5.41, 5.74) is 0. The third-order valence-electron chi connectivity index (χ3n) is 1.63. The largest absolute Gasteiger partial charge is 0.479 e. The van der Waals surface area contributed by atoms with Gasteiger partial charge >= 0.3 is 16.4 Å². The monoisotopic (exact) mass is 274 g/mol. The Kier molecular flexibility index (Phi) is 5.60. The summed E-state index contributed by atoms with van der Waals surface area (Å²) in [4.78, 5) is 20.5. The Morgan fingerprint density at radius 1 is 1.18 bits per heavy atom. The summed E-state index contributed by atoms with van der Waals surface area (Å²) in [5.74, 6) is -1.91. The van der Waals surface area contributed by atoms with Gasteiger partial charge in [-0.15, -0.1) is 0 Å². The third-order valence-corrected chi connectivity index (χ3v) is 2.10. The average molecular weight is 274 g/mol. The molecule has 0 spiro atoms. The summed E-state index contributed by atoms with van der Waals surface area (Å²) >= 11 is 0. The highest BCUT2D eigenvalue weighted by Crippen LogP contribution is 2.09. The van der Waals surface area contributed by atoms with Crippen LogP contribution < -0.4 is 0 Å². The van der Waals surface area contributed by atoms with Crippen molar-refractivity contribution < 1.29 is 47.2 Å². The number of hydrogen-bond donors (Lipinski definition) is 5. The summed E-state index contributed by atoms with van der Waals surface area (Å²) in [5, 5.41) is 35.3. The van der Waals surface area contributed by atoms with Crippen LogP contribution in [0.4, 0.5) is 0 Å². The summed E-state index contributed by atoms with van der Waals surface area (Å²) in [6.45, 7) is 0. The van der Waals surface area contributed by atoms with Crippen LogP contribution in [0.3, 0.4) is 0 Å². The molecule has 0 heterocycles. The maximum absolute atomic E-state index is 10.3. The van der Waals surface area contributed by atoms with E-state index >= 15 is 0 Å². The van der Waals surface area contributed by atoms with Crippen LogP contribution in [0.25, 0.3) is 0 Å². The van der Waals surface area contributed by atoms with E-state index in [4.69, 9.17) is 25.0 Å². The molecule has 0 aliphatic carbocycles. The molecule has 0 aromatic heterocycles. The molecule has 0 aromatic rings. The molecule has 11 heteroatoms. The van der Waals surface area contributed by atoms with E-state index in [1.165, 1.54) is 0 Å². The third kappa shape index (κ3) is 5.16. The van der Waals surface area contributed by atoms with Gasteiger partial charge in [0.2, 0.25) is 0 Å². The summed E-state index contributed by atoms with van der Waals surface area (Å²) in [6.07, 6.45) is -9.76. The molecule has 0 unspecified atom stereocenters. The molecule has 0 saturated heterocycles. The molecule has 0 saturated carbocycles. The van der Waals surface area contributed by atoms with Gasteiger partial charge in [0.05, 0.1) is 0 Å². The van der Waals surface area contributed by atoms with E-state index < -0.39 is 40.8 Å². The van der Waals surface area contributed by atoms with E-state index in [2.05, 4.69) is 4.18 Å². The highest BCUT2D eigenvalue weighted by atomic mass is 32.3. The zero-order valence-electron chi connectivity index (χ0n) is 8.07. The normalized spacial score (nSPS) is 19.1. The van der Waals surface area contributed by atoms with Crippen molar-refractivity contribution in [3.63, 3.8) is 0 Å². The van der Waals surface area contributed by atoms with Gasteiger partial charge in [0.25, 0.3) is 0 Å². The van der Waals surface area contributed by atoms with Crippen LogP contribution in [0.1, 0.15) is 0 Å². The van der Waals surface area contributed by atoms with Crippen LogP contribution in [0.5, 0.6) is 0 Å². The zero-order chi connectivity index (χ0) is 13.8. The molecule has 100 valence electrons. The molecule has 0 amide bonds. The van der Waals surface area contributed by atoms with Crippen LogP contribution >= 0.6 is 0 Å². The number of carboxylic acid groups (broad SMARTS) is 1. The minimum Gasteiger partial charge on any atom is -0.479 e. The molecule has 0 radical (unpaired) electrons. The maximum atomic E-state index is 10.3. The van der Waals surface area contributed by atoms with E-state index in [0.717, 1.165) is 0 Å². The van der Waals surface area contributed by atoms with Crippen LogP contribution in [0.15, 0.2) is 0 Å². The molecular weight excluding hydrogens is 264 g/mol. The molecule has 4 atom stereocenters. The van der Waals surface area contributed by atoms with Crippen molar-refractivity contribution in [2.24, 2.45) is 0 Å². The van der Waals surface area contributed by atoms with Gasteiger partial charge < -0.3 is 25.2 Å². The van der Waals surface area contributed by atoms with E-state index in [0.29, 0.717) is 0 Å². The lowest BCUT2D eigenvalue weighted by Crippen LogP contribution is -2.49. The van der Waals surface area contributed by atoms with Crippen molar-refractivity contribution in [3.8, 4) is 0 Å². The molecule has 0 aromatic carbocycles. The zero-order valence-corrected chi connectivity index (χ0v) is 8.89. The van der Waals surface area contributed by atoms with E-state index in [1.807, 2.05) is 0 Å². The number of aliphatic hydroxyl groups is 3. The van der Waals surface area contributed by atoms with E-state index in [-0.39, 0.29) is 6.29 Å². The maximum Gasteiger partial charge on any atom is 0.398 e. The number of aliphatic hydroxyl groups excluding tert-OH is 3. The van der Waals surface area contributed by atoms with Crippen LogP contribution in [-0.2, 0) is 24.2 Å². The smallest absolute Gasteiger partial charge is 0.398 e. The molecule has 0 fully saturated rings. The van der Waals surface area contributed by atoms with Crippen LogP contribution in [0, 0.1) is 0 Å². The summed E-state index contributed by atoms with van der Waals surface area (Å²) < 4.78 is 32.3. The van der Waals surface area contributed by atoms with Crippen LogP contribution in [-0.4, -0.2) is 70.1 Å². The number of carbonyl (C=O) groups excluding carboxylic acids is 1. The van der Waals surface area contributed by atoms with Gasteiger partial charge in [-0.25, -0.2) is 8.98 Å². The molecule has 0 rings (SSSR count). The second-order valence-electron chi connectivity index (χ2n) is 2.89. The highest BCUT2D eigenvalue weighted by Gasteiger charge is 2.37. The molecule has 17 heavy (non-hydrogen) atoms. The van der Waals surface area contributed by atoms with E-state index in [9.17, 15) is 18.0 Å². The van der Waals surface area contributed by atoms with Gasteiger partial charge in [-0.1, -0.05) is 0 Å². The fraction of sp³-hybridized carbons (Fsp3) is 0.667. The number of hydrogen-bond acceptors (Lipinski definition) is 8. The molecule has 0 aliphatic heterocycles. The minimum absolute atomic E-state index is 0.295. The Morgan fingerprint density at radius 2 is 1.65 bits per heavy atom. The van der Waals surface area contributed by atoms with Gasteiger partial charge in [0.1, 0.15) is 12.2 Å². The Hall–Kier alpha value is -1.11. The second kappa shape index (κ2) is 6.00. The Labute approximate surface area is 95.0 Å². The van der Waals surface area contributed by atoms with Crippen molar-refractivity contribution in [3.05, 3.63) is 0 Å². The SMILES string of the molecule is O=C[C@H](OS(=O)(=O)O)[C@@H](O)[C@H](O)[C@H](O)C(=O)O. The number of carbonyl (C=O) groups is 2. The minimum atomic E-state index is -5.09. The van der Waals surface area contributed by atoms with Gasteiger partial charge in [-0.2, -0.15) is 8.42 Å². The standard InChI is InChI=1S/C6H10O10S/c7-1-2(16-17(13,14)15)3(8)4(9)5(10)6(11)12/h1-5,8-10H,(H,11,12)(H,13,14,15)/t2-,3+,4-,5-/m0/s1. The fourth-order valence-electron chi connectivity index (χ4n) is 0.828. The molecule has 5 N–H and O–H groups in total. The number of aldehydes is 1. The lowest BCUT2D eigenvalue weighted by molar-refractivity contribution is -0.162. The van der Waals surface area contributed by atoms with Gasteiger partial charge in [-0.3, -0.25) is 4.55 Å². The van der Waals surface area contributed by atoms with Crippen molar-refractivity contribution in [2.45, 2.75) is 24.4 Å². The quantitative estimate of drug-likeness (QED) is 0.231. The number of rotatable bonds is 7. The number of carboxylic acids is 1. The summed E-state index contributed by atoms with van der Waals surface area (Å²) in [7, 11) is -5.09. The topological polar surface area (TPSA) is 179 Å². The lowest BCUT2D eigenvalue weighted by Gasteiger charge is -2.23. The molecule has 10 nitrogen and oxygen atoms in total. The fourth-order valence-corrected chi connectivity index (χ4v) is 1.27. The molecular formula is C6H10O10S. The first-order chi connectivity index (χ1) is 7.60. The second-order valence-corrected chi connectivity index (χ2v) is 3.94. The number of aliphatic carboxylic acids is 1. The Balaban J connectivity index is 4.81. The van der Waals surface area contributed by atoms with Crippen molar-refractivity contribution in [2.75, 3.05) is 0 Å².